The van der Waals surface area contributed by atoms with Crippen molar-refractivity contribution < 1.29 is 33.4 Å². The summed E-state index contributed by atoms with van der Waals surface area (Å²) in [7, 11) is 0. The number of hydrogen-bond donors (Lipinski definition) is 2. The first-order valence-corrected chi connectivity index (χ1v) is 10.6. The number of ketones is 1. The van der Waals surface area contributed by atoms with E-state index in [1.807, 2.05) is 0 Å². The summed E-state index contributed by atoms with van der Waals surface area (Å²) in [5.74, 6) is -0.966. The molecule has 0 aliphatic carbocycles. The van der Waals surface area contributed by atoms with E-state index in [9.17, 15) is 19.5 Å². The average Bonchev–Trinajstić information content (AvgIpc) is 3.45. The van der Waals surface area contributed by atoms with Gasteiger partial charge < -0.3 is 24.3 Å². The fourth-order valence-electron chi connectivity index (χ4n) is 4.07. The first kappa shape index (κ1) is 21.3. The van der Waals surface area contributed by atoms with Crippen LogP contribution in [0.5, 0.6) is 11.5 Å². The molecule has 1 aromatic heterocycles. The van der Waals surface area contributed by atoms with Crippen LogP contribution in [0.4, 0.5) is 11.4 Å². The maximum atomic E-state index is 13.1. The average molecular weight is 460 g/mol. The zero-order valence-corrected chi connectivity index (χ0v) is 18.1. The molecule has 2 aromatic carbocycles. The number of amides is 2. The molecular weight excluding hydrogens is 440 g/mol. The Morgan fingerprint density at radius 2 is 1.76 bits per heavy atom. The summed E-state index contributed by atoms with van der Waals surface area (Å²) in [6, 6.07) is 13.5. The molecule has 0 saturated carbocycles. The van der Waals surface area contributed by atoms with Crippen LogP contribution < -0.4 is 19.7 Å². The summed E-state index contributed by atoms with van der Waals surface area (Å²) in [5, 5.41) is 13.8. The second-order valence-corrected chi connectivity index (χ2v) is 7.77. The number of carbonyl (C=O) groups excluding carboxylic acids is 3. The van der Waals surface area contributed by atoms with Crippen molar-refractivity contribution in [3.8, 4) is 11.5 Å². The minimum absolute atomic E-state index is 0.109. The van der Waals surface area contributed by atoms with Crippen LogP contribution in [0.15, 0.2) is 70.9 Å². The molecule has 3 aromatic rings. The number of hydrogen-bond acceptors (Lipinski definition) is 7. The normalized spacial score (nSPS) is 18.7. The molecule has 9 heteroatoms. The van der Waals surface area contributed by atoms with Crippen LogP contribution >= 0.6 is 0 Å². The van der Waals surface area contributed by atoms with Gasteiger partial charge in [-0.15, -0.1) is 0 Å². The number of Topliss-reactive ketones (excluding diaryl/α,β-unsaturated/α-hetero) is 1. The molecule has 1 fully saturated rings. The Hall–Kier alpha value is -4.53. The minimum atomic E-state index is -0.991. The van der Waals surface area contributed by atoms with Crippen molar-refractivity contribution in [3.05, 3.63) is 77.8 Å². The number of aliphatic hydroxyl groups is 1. The maximum Gasteiger partial charge on any atom is 0.300 e. The van der Waals surface area contributed by atoms with E-state index in [0.717, 1.165) is 0 Å². The van der Waals surface area contributed by atoms with Crippen molar-refractivity contribution in [2.24, 2.45) is 0 Å². The zero-order valence-electron chi connectivity index (χ0n) is 18.1. The highest BCUT2D eigenvalue weighted by Gasteiger charge is 2.48. The predicted molar refractivity (Wildman–Crippen MR) is 122 cm³/mol. The highest BCUT2D eigenvalue weighted by molar-refractivity contribution is 6.51. The Morgan fingerprint density at radius 3 is 2.44 bits per heavy atom. The molecule has 9 nitrogen and oxygen atoms in total. The number of aliphatic hydroxyl groups excluding tert-OH is 1. The first-order valence-electron chi connectivity index (χ1n) is 10.6. The van der Waals surface area contributed by atoms with Crippen molar-refractivity contribution in [1.29, 1.82) is 0 Å². The number of nitrogens with zero attached hydrogens (tertiary/aromatic N) is 1. The number of benzene rings is 2. The smallest absolute Gasteiger partial charge is 0.300 e. The van der Waals surface area contributed by atoms with E-state index >= 15 is 0 Å². The number of carbonyl (C=O) groups is 3. The van der Waals surface area contributed by atoms with Crippen LogP contribution in [0.2, 0.25) is 0 Å². The Morgan fingerprint density at radius 1 is 1.03 bits per heavy atom. The topological polar surface area (TPSA) is 118 Å². The Labute approximate surface area is 194 Å². The van der Waals surface area contributed by atoms with Crippen LogP contribution in [-0.4, -0.2) is 35.9 Å². The van der Waals surface area contributed by atoms with E-state index in [2.05, 4.69) is 5.32 Å². The molecule has 0 spiro atoms. The van der Waals surface area contributed by atoms with Gasteiger partial charge in [0.15, 0.2) is 11.5 Å². The van der Waals surface area contributed by atoms with Crippen LogP contribution in [0.25, 0.3) is 5.76 Å². The lowest BCUT2D eigenvalue weighted by Crippen LogP contribution is -2.29. The van der Waals surface area contributed by atoms with E-state index < -0.39 is 17.7 Å². The highest BCUT2D eigenvalue weighted by Crippen LogP contribution is 2.43. The molecule has 2 N–H and O–H groups in total. The third-order valence-corrected chi connectivity index (χ3v) is 5.54. The lowest BCUT2D eigenvalue weighted by molar-refractivity contribution is -0.132. The Balaban J connectivity index is 1.61. The second kappa shape index (κ2) is 8.43. The van der Waals surface area contributed by atoms with Crippen molar-refractivity contribution in [2.45, 2.75) is 13.0 Å². The van der Waals surface area contributed by atoms with E-state index in [1.165, 1.54) is 18.1 Å². The summed E-state index contributed by atoms with van der Waals surface area (Å²) in [6.45, 7) is 2.17. The summed E-state index contributed by atoms with van der Waals surface area (Å²) >= 11 is 0. The van der Waals surface area contributed by atoms with Gasteiger partial charge in [-0.1, -0.05) is 0 Å². The number of ether oxygens (including phenoxy) is 2. The first-order chi connectivity index (χ1) is 16.4. The highest BCUT2D eigenvalue weighted by atomic mass is 16.6. The van der Waals surface area contributed by atoms with Crippen LogP contribution in [-0.2, 0) is 14.4 Å². The molecular formula is C25H20N2O7. The summed E-state index contributed by atoms with van der Waals surface area (Å²) in [5.41, 5.74) is 1.14. The largest absolute Gasteiger partial charge is 0.507 e. The van der Waals surface area contributed by atoms with Gasteiger partial charge in [-0.05, 0) is 54.6 Å². The monoisotopic (exact) mass is 460 g/mol. The molecule has 34 heavy (non-hydrogen) atoms. The molecule has 1 unspecified atom stereocenters. The third kappa shape index (κ3) is 3.66. The number of anilines is 2. The number of fused-ring (bicyclic) bond motifs is 1. The fraction of sp³-hybridized carbons (Fsp3) is 0.160. The molecule has 2 amide bonds. The molecule has 1 saturated heterocycles. The molecule has 3 heterocycles. The lowest BCUT2D eigenvalue weighted by atomic mass is 9.99. The SMILES string of the molecule is CC(=O)Nc1ccc(N2C(=O)C(=O)/C(=C(\O)c3ccc4c(c3)OCCO4)C2c2ccco2)cc1. The van der Waals surface area contributed by atoms with E-state index in [4.69, 9.17) is 13.9 Å². The van der Waals surface area contributed by atoms with E-state index in [0.29, 0.717) is 47.4 Å². The number of rotatable bonds is 4. The third-order valence-electron chi connectivity index (χ3n) is 5.54. The molecule has 1 atom stereocenters. The van der Waals surface area contributed by atoms with E-state index in [-0.39, 0.29) is 17.2 Å². The molecule has 0 bridgehead atoms. The van der Waals surface area contributed by atoms with Crippen molar-refractivity contribution in [3.63, 3.8) is 0 Å². The van der Waals surface area contributed by atoms with Gasteiger partial charge in [0.05, 0.1) is 11.8 Å². The minimum Gasteiger partial charge on any atom is -0.507 e. The molecule has 2 aliphatic rings. The molecule has 2 aliphatic heterocycles. The fourth-order valence-corrected chi connectivity index (χ4v) is 4.07. The lowest BCUT2D eigenvalue weighted by Gasteiger charge is -2.24. The summed E-state index contributed by atoms with van der Waals surface area (Å²) < 4.78 is 16.7. The van der Waals surface area contributed by atoms with Crippen molar-refractivity contribution in [1.82, 2.24) is 0 Å². The summed E-state index contributed by atoms with van der Waals surface area (Å²) in [6.07, 6.45) is 1.43. The molecule has 0 radical (unpaired) electrons. The molecule has 5 rings (SSSR count). The number of nitrogens with one attached hydrogen (secondary N) is 1. The van der Waals surface area contributed by atoms with E-state index in [1.54, 1.807) is 54.6 Å². The van der Waals surface area contributed by atoms with Gasteiger partial charge in [0.2, 0.25) is 5.91 Å². The Bertz CT molecular complexity index is 1310. The van der Waals surface area contributed by atoms with Gasteiger partial charge in [0.25, 0.3) is 11.7 Å². The standard InChI is InChI=1S/C25H20N2O7/c1-14(28)26-16-5-7-17(8-6-16)27-22(19-3-2-10-32-19)21(24(30)25(27)31)23(29)15-4-9-18-20(13-15)34-12-11-33-18/h2-10,13,22,29H,11-12H2,1H3,(H,26,28)/b23-21-. The number of furan rings is 1. The molecule has 172 valence electrons. The van der Waals surface area contributed by atoms with Crippen LogP contribution in [0.1, 0.15) is 24.3 Å². The van der Waals surface area contributed by atoms with Gasteiger partial charge in [0.1, 0.15) is 30.8 Å². The van der Waals surface area contributed by atoms with Crippen molar-refractivity contribution >= 4 is 34.7 Å². The Kier molecular flexibility index (Phi) is 5.29. The van der Waals surface area contributed by atoms with Crippen LogP contribution in [0.3, 0.4) is 0 Å². The second-order valence-electron chi connectivity index (χ2n) is 7.77. The summed E-state index contributed by atoms with van der Waals surface area (Å²) in [4.78, 5) is 38.9. The van der Waals surface area contributed by atoms with Gasteiger partial charge in [0, 0.05) is 23.9 Å². The zero-order chi connectivity index (χ0) is 23.8. The maximum absolute atomic E-state index is 13.1. The van der Waals surface area contributed by atoms with Gasteiger partial charge >= 0.3 is 0 Å². The predicted octanol–water partition coefficient (Wildman–Crippen LogP) is 3.64. The quantitative estimate of drug-likeness (QED) is 0.347. The van der Waals surface area contributed by atoms with Gasteiger partial charge in [-0.25, -0.2) is 0 Å². The van der Waals surface area contributed by atoms with Crippen LogP contribution in [0, 0.1) is 0 Å². The van der Waals surface area contributed by atoms with Gasteiger partial charge in [-0.2, -0.15) is 0 Å². The van der Waals surface area contributed by atoms with Gasteiger partial charge in [-0.3, -0.25) is 19.3 Å². The van der Waals surface area contributed by atoms with Crippen molar-refractivity contribution in [2.75, 3.05) is 23.4 Å².